The second kappa shape index (κ2) is 12.7. The molecular weight excluding hydrogens is 465 g/mol. The molecule has 0 N–H and O–H groups in total. The molecule has 6 heteroatoms. The number of rotatable bonds is 3. The van der Waals surface area contributed by atoms with Gasteiger partial charge < -0.3 is 0 Å². The number of nitrogens with zero attached hydrogens (tertiary/aromatic N) is 2. The fourth-order valence-corrected chi connectivity index (χ4v) is 3.10. The molecule has 0 atom stereocenters. The van der Waals surface area contributed by atoms with Crippen LogP contribution in [0.25, 0.3) is 0 Å². The molecule has 0 aliphatic heterocycles. The van der Waals surface area contributed by atoms with Crippen LogP contribution in [0.4, 0.5) is 0 Å². The van der Waals surface area contributed by atoms with Gasteiger partial charge >= 0.3 is 46.0 Å². The van der Waals surface area contributed by atoms with E-state index in [4.69, 9.17) is 20.4 Å². The summed E-state index contributed by atoms with van der Waals surface area (Å²) in [6, 6.07) is 1.14. The van der Waals surface area contributed by atoms with Gasteiger partial charge in [-0.15, -0.1) is 0 Å². The third-order valence-corrected chi connectivity index (χ3v) is 4.63. The monoisotopic (exact) mass is 492 g/mol. The SMILES string of the molecule is CC1CCC(N=CC=NC2CCC(C)CC2)CC1.[Cl][La]([Cl])[Cl]. The van der Waals surface area contributed by atoms with E-state index in [9.17, 15) is 0 Å². The molecule has 0 heterocycles. The first kappa shape index (κ1) is 21.4. The first-order valence-electron chi connectivity index (χ1n) is 8.44. The summed E-state index contributed by atoms with van der Waals surface area (Å²) in [7, 11) is 0. The summed E-state index contributed by atoms with van der Waals surface area (Å²) in [5.41, 5.74) is 0. The van der Waals surface area contributed by atoms with Gasteiger partial charge in [-0.3, -0.25) is 9.98 Å². The van der Waals surface area contributed by atoms with Crippen LogP contribution in [0.1, 0.15) is 65.2 Å². The minimum absolute atomic E-state index is 0.569. The van der Waals surface area contributed by atoms with Crippen LogP contribution >= 0.6 is 20.4 Å². The number of aliphatic imine (C=N–C) groups is 2. The van der Waals surface area contributed by atoms with E-state index in [2.05, 4.69) is 23.8 Å². The Morgan fingerprint density at radius 2 is 0.955 bits per heavy atom. The zero-order chi connectivity index (χ0) is 16.4. The molecule has 22 heavy (non-hydrogen) atoms. The van der Waals surface area contributed by atoms with Crippen molar-refractivity contribution in [3.63, 3.8) is 0 Å². The molecule has 0 saturated heterocycles. The van der Waals surface area contributed by atoms with Crippen molar-refractivity contribution < 1.29 is 25.7 Å². The Bertz CT molecular complexity index is 302. The molecule has 2 rings (SSSR count). The molecule has 0 aromatic heterocycles. The predicted octanol–water partition coefficient (Wildman–Crippen LogP) is 6.35. The molecule has 0 aromatic carbocycles. The average molecular weight is 494 g/mol. The van der Waals surface area contributed by atoms with E-state index in [1.54, 1.807) is 0 Å². The van der Waals surface area contributed by atoms with Crippen molar-refractivity contribution in [2.45, 2.75) is 77.3 Å². The molecule has 2 aliphatic carbocycles. The fourth-order valence-electron chi connectivity index (χ4n) is 3.10. The Hall–Kier alpha value is 1.40. The summed E-state index contributed by atoms with van der Waals surface area (Å²) < 4.78 is 0. The van der Waals surface area contributed by atoms with Gasteiger partial charge in [0.2, 0.25) is 0 Å². The molecule has 0 bridgehead atoms. The second-order valence-electron chi connectivity index (χ2n) is 6.67. The number of hydrogen-bond acceptors (Lipinski definition) is 2. The zero-order valence-corrected chi connectivity index (χ0v) is 19.6. The molecule has 0 aromatic rings. The Balaban J connectivity index is 0.000000541. The molecule has 0 radical (unpaired) electrons. The van der Waals surface area contributed by atoms with Crippen LogP contribution in [0.3, 0.4) is 0 Å². The average Bonchev–Trinajstić information content (AvgIpc) is 2.47. The number of hydrogen-bond donors (Lipinski definition) is 0. The predicted molar refractivity (Wildman–Crippen MR) is 97.4 cm³/mol. The van der Waals surface area contributed by atoms with Gasteiger partial charge in [0.05, 0.1) is 12.1 Å². The van der Waals surface area contributed by atoms with E-state index in [-0.39, 0.29) is 0 Å². The summed E-state index contributed by atoms with van der Waals surface area (Å²) in [5.74, 6) is 1.82. The second-order valence-corrected chi connectivity index (χ2v) is 22.6. The summed E-state index contributed by atoms with van der Waals surface area (Å²) in [6.45, 7) is 19.8. The maximum absolute atomic E-state index is 5.03. The maximum atomic E-state index is 5.03. The van der Waals surface area contributed by atoms with Gasteiger partial charge in [0.15, 0.2) is 0 Å². The van der Waals surface area contributed by atoms with E-state index in [0.29, 0.717) is 12.1 Å². The van der Waals surface area contributed by atoms with Crippen molar-refractivity contribution in [3.8, 4) is 0 Å². The van der Waals surface area contributed by atoms with Crippen molar-refractivity contribution in [1.29, 1.82) is 0 Å². The summed E-state index contributed by atoms with van der Waals surface area (Å²) in [4.78, 5) is 9.29. The van der Waals surface area contributed by atoms with Crippen LogP contribution in [0.2, 0.25) is 0 Å². The van der Waals surface area contributed by atoms with Crippen molar-refractivity contribution in [3.05, 3.63) is 0 Å². The fraction of sp³-hybridized carbons (Fsp3) is 0.875. The molecule has 2 saturated carbocycles. The molecule has 0 spiro atoms. The zero-order valence-electron chi connectivity index (χ0n) is 13.7. The molecule has 2 aliphatic rings. The normalized spacial score (nSPS) is 32.8. The summed E-state index contributed by atoms with van der Waals surface area (Å²) in [6.07, 6.45) is 14.4. The van der Waals surface area contributed by atoms with Gasteiger partial charge in [0.25, 0.3) is 0 Å². The Morgan fingerprint density at radius 3 is 1.23 bits per heavy atom. The van der Waals surface area contributed by atoms with Crippen molar-refractivity contribution in [2.24, 2.45) is 21.8 Å². The first-order valence-corrected chi connectivity index (χ1v) is 22.1. The molecule has 0 amide bonds. The standard InChI is InChI=1S/C16H28N2.3ClH.La/c1-13-3-7-15(8-4-13)17-11-12-18-16-9-5-14(2)6-10-16;;;;/h11-16H,3-10H2,1-2H3;3*1H;/q;;;;+3/p-3. The Kier molecular flexibility index (Phi) is 12.4. The van der Waals surface area contributed by atoms with Crippen LogP contribution in [0, 0.1) is 37.5 Å². The van der Waals surface area contributed by atoms with Gasteiger partial charge in [-0.25, -0.2) is 0 Å². The van der Waals surface area contributed by atoms with Crippen LogP contribution in [0.15, 0.2) is 9.98 Å². The molecule has 126 valence electrons. The van der Waals surface area contributed by atoms with Crippen LogP contribution in [0.5, 0.6) is 0 Å². The van der Waals surface area contributed by atoms with Gasteiger partial charge in [-0.1, -0.05) is 13.8 Å². The minimum atomic E-state index is -2.31. The first-order chi connectivity index (χ1) is 10.5. The molecule has 2 nitrogen and oxygen atoms in total. The topological polar surface area (TPSA) is 24.7 Å². The van der Waals surface area contributed by atoms with Crippen molar-refractivity contribution >= 4 is 32.8 Å². The Morgan fingerprint density at radius 1 is 0.682 bits per heavy atom. The molecule has 0 unspecified atom stereocenters. The molecule has 2 fully saturated rings. The Labute approximate surface area is 156 Å². The van der Waals surface area contributed by atoms with E-state index in [1.165, 1.54) is 51.4 Å². The van der Waals surface area contributed by atoms with E-state index in [1.807, 2.05) is 12.4 Å². The summed E-state index contributed by atoms with van der Waals surface area (Å²) >= 11 is -2.31. The van der Waals surface area contributed by atoms with E-state index >= 15 is 0 Å². The van der Waals surface area contributed by atoms with Crippen LogP contribution in [-0.2, 0) is 0 Å². The van der Waals surface area contributed by atoms with Gasteiger partial charge in [0.1, 0.15) is 0 Å². The van der Waals surface area contributed by atoms with Gasteiger partial charge in [-0.05, 0) is 63.2 Å². The van der Waals surface area contributed by atoms with Crippen molar-refractivity contribution in [1.82, 2.24) is 0 Å². The van der Waals surface area contributed by atoms with Crippen LogP contribution < -0.4 is 0 Å². The third-order valence-electron chi connectivity index (χ3n) is 4.63. The number of halogens is 3. The quantitative estimate of drug-likeness (QED) is 0.409. The summed E-state index contributed by atoms with van der Waals surface area (Å²) in [5, 5.41) is 0. The van der Waals surface area contributed by atoms with E-state index < -0.39 is 25.7 Å². The van der Waals surface area contributed by atoms with E-state index in [0.717, 1.165) is 11.8 Å². The van der Waals surface area contributed by atoms with Gasteiger partial charge in [-0.2, -0.15) is 0 Å². The third kappa shape index (κ3) is 11.0. The molecular formula is C16H28Cl3LaN2. The van der Waals surface area contributed by atoms with Crippen molar-refractivity contribution in [2.75, 3.05) is 0 Å². The van der Waals surface area contributed by atoms with Gasteiger partial charge in [0, 0.05) is 12.4 Å². The van der Waals surface area contributed by atoms with Crippen LogP contribution in [-0.4, -0.2) is 24.5 Å².